The molecule has 0 aliphatic rings. The third-order valence-corrected chi connectivity index (χ3v) is 5.24. The topological polar surface area (TPSA) is 104 Å². The molecule has 0 spiro atoms. The standard InChI is InChI=1S/C19H19N3O5S/c1-3-9-27-19(24)15(4-2)21-11-20-17-16(18(21)23)14(10-28-17)12-5-7-13(8-6-12)22(25)26/h5-8,10-11,15H,3-4,9H2,1-2H3. The average molecular weight is 401 g/mol. The zero-order valence-electron chi connectivity index (χ0n) is 15.5. The number of thiophene rings is 1. The van der Waals surface area contributed by atoms with E-state index < -0.39 is 16.9 Å². The van der Waals surface area contributed by atoms with Crippen LogP contribution < -0.4 is 5.56 Å². The van der Waals surface area contributed by atoms with Gasteiger partial charge in [-0.1, -0.05) is 13.8 Å². The minimum atomic E-state index is -0.749. The number of nitrogens with zero attached hydrogens (tertiary/aromatic N) is 3. The number of carbonyl (C=O) groups excluding carboxylic acids is 1. The summed E-state index contributed by atoms with van der Waals surface area (Å²) in [6, 6.07) is 5.24. The number of non-ortho nitro benzene ring substituents is 1. The number of benzene rings is 1. The minimum absolute atomic E-state index is 0.0245. The Labute approximate surface area is 164 Å². The predicted octanol–water partition coefficient (Wildman–Crippen LogP) is 3.94. The molecular weight excluding hydrogens is 382 g/mol. The first-order chi connectivity index (χ1) is 13.5. The fourth-order valence-electron chi connectivity index (χ4n) is 2.92. The van der Waals surface area contributed by atoms with Crippen molar-refractivity contribution in [3.05, 3.63) is 56.4 Å². The van der Waals surface area contributed by atoms with E-state index in [0.717, 1.165) is 0 Å². The fraction of sp³-hybridized carbons (Fsp3) is 0.316. The Morgan fingerprint density at radius 3 is 2.64 bits per heavy atom. The number of nitro benzene ring substituents is 1. The van der Waals surface area contributed by atoms with Crippen LogP contribution in [0, 0.1) is 10.1 Å². The molecule has 8 nitrogen and oxygen atoms in total. The van der Waals surface area contributed by atoms with Crippen LogP contribution in [0.2, 0.25) is 0 Å². The number of nitro groups is 1. The number of hydrogen-bond acceptors (Lipinski definition) is 7. The van der Waals surface area contributed by atoms with Crippen molar-refractivity contribution < 1.29 is 14.5 Å². The van der Waals surface area contributed by atoms with Crippen molar-refractivity contribution in [2.75, 3.05) is 6.61 Å². The lowest BCUT2D eigenvalue weighted by molar-refractivity contribution is -0.384. The molecule has 2 aromatic heterocycles. The van der Waals surface area contributed by atoms with Gasteiger partial charge in [0.15, 0.2) is 0 Å². The lowest BCUT2D eigenvalue weighted by Gasteiger charge is -2.16. The average Bonchev–Trinajstić information content (AvgIpc) is 3.13. The van der Waals surface area contributed by atoms with Gasteiger partial charge in [-0.15, -0.1) is 11.3 Å². The van der Waals surface area contributed by atoms with E-state index in [4.69, 9.17) is 4.74 Å². The predicted molar refractivity (Wildman–Crippen MR) is 107 cm³/mol. The first-order valence-corrected chi connectivity index (χ1v) is 9.75. The largest absolute Gasteiger partial charge is 0.464 e. The third-order valence-electron chi connectivity index (χ3n) is 4.35. The fourth-order valence-corrected chi connectivity index (χ4v) is 3.83. The van der Waals surface area contributed by atoms with Gasteiger partial charge >= 0.3 is 5.97 Å². The van der Waals surface area contributed by atoms with E-state index in [1.165, 1.54) is 34.4 Å². The quantitative estimate of drug-likeness (QED) is 0.337. The Kier molecular flexibility index (Phi) is 5.84. The van der Waals surface area contributed by atoms with Crippen LogP contribution in [0.1, 0.15) is 32.7 Å². The lowest BCUT2D eigenvalue weighted by Crippen LogP contribution is -2.31. The van der Waals surface area contributed by atoms with Crippen LogP contribution >= 0.6 is 11.3 Å². The molecule has 0 saturated carbocycles. The summed E-state index contributed by atoms with van der Waals surface area (Å²) in [5, 5.41) is 13.0. The van der Waals surface area contributed by atoms with E-state index in [1.54, 1.807) is 24.4 Å². The molecule has 3 rings (SSSR count). The van der Waals surface area contributed by atoms with Gasteiger partial charge in [0.1, 0.15) is 10.9 Å². The number of rotatable bonds is 7. The Bertz CT molecular complexity index is 1070. The summed E-state index contributed by atoms with van der Waals surface area (Å²) in [6.45, 7) is 4.00. The normalized spacial score (nSPS) is 12.1. The maximum atomic E-state index is 13.2. The summed E-state index contributed by atoms with van der Waals surface area (Å²) in [5.41, 5.74) is 0.956. The summed E-state index contributed by atoms with van der Waals surface area (Å²) < 4.78 is 6.52. The van der Waals surface area contributed by atoms with E-state index in [-0.39, 0.29) is 11.2 Å². The molecule has 0 saturated heterocycles. The molecule has 0 aliphatic carbocycles. The second-order valence-corrected chi connectivity index (χ2v) is 7.04. The monoisotopic (exact) mass is 401 g/mol. The number of fused-ring (bicyclic) bond motifs is 1. The Morgan fingerprint density at radius 1 is 1.32 bits per heavy atom. The summed E-state index contributed by atoms with van der Waals surface area (Å²) in [6.07, 6.45) is 2.47. The molecule has 0 amide bonds. The Balaban J connectivity index is 2.08. The van der Waals surface area contributed by atoms with Crippen molar-refractivity contribution in [2.24, 2.45) is 0 Å². The van der Waals surface area contributed by atoms with Crippen molar-refractivity contribution >= 4 is 33.2 Å². The zero-order valence-corrected chi connectivity index (χ0v) is 16.3. The van der Waals surface area contributed by atoms with Crippen LogP contribution in [0.25, 0.3) is 21.3 Å². The van der Waals surface area contributed by atoms with Gasteiger partial charge < -0.3 is 4.74 Å². The van der Waals surface area contributed by atoms with Gasteiger partial charge in [0, 0.05) is 23.1 Å². The molecule has 0 bridgehead atoms. The summed E-state index contributed by atoms with van der Waals surface area (Å²) in [7, 11) is 0. The second kappa shape index (κ2) is 8.30. The minimum Gasteiger partial charge on any atom is -0.464 e. The second-order valence-electron chi connectivity index (χ2n) is 6.18. The highest BCUT2D eigenvalue weighted by Gasteiger charge is 2.24. The van der Waals surface area contributed by atoms with Crippen LogP contribution in [0.5, 0.6) is 0 Å². The molecule has 9 heteroatoms. The third kappa shape index (κ3) is 3.65. The molecule has 0 fully saturated rings. The van der Waals surface area contributed by atoms with Gasteiger partial charge in [0.25, 0.3) is 11.2 Å². The summed E-state index contributed by atoms with van der Waals surface area (Å²) in [5.74, 6) is -0.459. The van der Waals surface area contributed by atoms with E-state index in [1.807, 2.05) is 6.92 Å². The highest BCUT2D eigenvalue weighted by molar-refractivity contribution is 7.17. The molecule has 28 heavy (non-hydrogen) atoms. The van der Waals surface area contributed by atoms with Crippen molar-refractivity contribution in [3.63, 3.8) is 0 Å². The van der Waals surface area contributed by atoms with Crippen LogP contribution in [-0.4, -0.2) is 27.1 Å². The smallest absolute Gasteiger partial charge is 0.329 e. The zero-order chi connectivity index (χ0) is 20.3. The van der Waals surface area contributed by atoms with Gasteiger partial charge in [-0.25, -0.2) is 9.78 Å². The molecule has 0 aliphatic heterocycles. The van der Waals surface area contributed by atoms with Gasteiger partial charge in [-0.3, -0.25) is 19.5 Å². The molecule has 1 atom stereocenters. The van der Waals surface area contributed by atoms with Gasteiger partial charge in [-0.05, 0) is 30.5 Å². The SMILES string of the molecule is CCCOC(=O)C(CC)n1cnc2scc(-c3ccc([N+](=O)[O-])cc3)c2c1=O. The van der Waals surface area contributed by atoms with Crippen molar-refractivity contribution in [1.29, 1.82) is 0 Å². The number of carbonyl (C=O) groups is 1. The van der Waals surface area contributed by atoms with E-state index in [2.05, 4.69) is 4.98 Å². The van der Waals surface area contributed by atoms with E-state index in [0.29, 0.717) is 40.8 Å². The summed E-state index contributed by atoms with van der Waals surface area (Å²) in [4.78, 5) is 40.8. The molecule has 2 heterocycles. The van der Waals surface area contributed by atoms with Gasteiger partial charge in [-0.2, -0.15) is 0 Å². The van der Waals surface area contributed by atoms with E-state index >= 15 is 0 Å². The van der Waals surface area contributed by atoms with Crippen LogP contribution in [0.4, 0.5) is 5.69 Å². The molecule has 3 aromatic rings. The first kappa shape index (κ1) is 19.7. The number of aromatic nitrogens is 2. The van der Waals surface area contributed by atoms with Crippen molar-refractivity contribution in [3.8, 4) is 11.1 Å². The van der Waals surface area contributed by atoms with Crippen LogP contribution in [-0.2, 0) is 9.53 Å². The number of esters is 1. The van der Waals surface area contributed by atoms with Crippen molar-refractivity contribution in [1.82, 2.24) is 9.55 Å². The highest BCUT2D eigenvalue weighted by atomic mass is 32.1. The van der Waals surface area contributed by atoms with Gasteiger partial charge in [0.05, 0.1) is 23.2 Å². The maximum absolute atomic E-state index is 13.2. The van der Waals surface area contributed by atoms with Crippen LogP contribution in [0.3, 0.4) is 0 Å². The number of ether oxygens (including phenoxy) is 1. The Hall–Kier alpha value is -3.07. The van der Waals surface area contributed by atoms with E-state index in [9.17, 15) is 19.7 Å². The van der Waals surface area contributed by atoms with Crippen molar-refractivity contribution in [2.45, 2.75) is 32.7 Å². The maximum Gasteiger partial charge on any atom is 0.329 e. The van der Waals surface area contributed by atoms with Crippen LogP contribution in [0.15, 0.2) is 40.8 Å². The number of hydrogen-bond donors (Lipinski definition) is 0. The molecule has 0 N–H and O–H groups in total. The lowest BCUT2D eigenvalue weighted by atomic mass is 10.1. The molecule has 146 valence electrons. The Morgan fingerprint density at radius 2 is 2.04 bits per heavy atom. The molecular formula is C19H19N3O5S. The summed E-state index contributed by atoms with van der Waals surface area (Å²) >= 11 is 1.31. The van der Waals surface area contributed by atoms with Gasteiger partial charge in [0.2, 0.25) is 0 Å². The highest BCUT2D eigenvalue weighted by Crippen LogP contribution is 2.32. The first-order valence-electron chi connectivity index (χ1n) is 8.87. The molecule has 0 radical (unpaired) electrons. The molecule has 1 unspecified atom stereocenters. The molecule has 1 aromatic carbocycles.